The predicted octanol–water partition coefficient (Wildman–Crippen LogP) is 4.49. The third-order valence-corrected chi connectivity index (χ3v) is 9.10. The van der Waals surface area contributed by atoms with Gasteiger partial charge in [0.25, 0.3) is 0 Å². The Bertz CT molecular complexity index is 1940. The molecule has 0 saturated carbocycles. The highest BCUT2D eigenvalue weighted by Crippen LogP contribution is 2.37. The standard InChI is InChI=1S/C34H35FN10O2/c1-2-10-34(32(47)40-26-5-6-28-27(17-26)31(42-41-28)24-4-7-29(35)38-18-24)11-16-43(22-34)21-30(46)44-14-8-23(9-15-44)25-19-39-45(20-25)33-36-12-3-13-37-33/h3-8,12-13,17-20H,2,9-11,14-16,21-22H2,1H3,(H,40,47)(H,41,42)/t34-/m1/s1. The highest BCUT2D eigenvalue weighted by Gasteiger charge is 2.44. The second-order valence-electron chi connectivity index (χ2n) is 12.2. The van der Waals surface area contributed by atoms with Crippen molar-refractivity contribution in [3.63, 3.8) is 0 Å². The van der Waals surface area contributed by atoms with Gasteiger partial charge in [0.15, 0.2) is 0 Å². The molecule has 0 unspecified atom stereocenters. The average Bonchev–Trinajstić information content (AvgIpc) is 3.85. The summed E-state index contributed by atoms with van der Waals surface area (Å²) in [5, 5.41) is 15.7. The van der Waals surface area contributed by atoms with Crippen molar-refractivity contribution >= 4 is 34.0 Å². The number of nitrogens with one attached hydrogen (secondary N) is 2. The maximum atomic E-state index is 13.9. The Balaban J connectivity index is 0.982. The Morgan fingerprint density at radius 1 is 1.06 bits per heavy atom. The molecule has 1 saturated heterocycles. The van der Waals surface area contributed by atoms with Crippen LogP contribution in [0, 0.1) is 11.4 Å². The fourth-order valence-corrected chi connectivity index (χ4v) is 6.62. The van der Waals surface area contributed by atoms with Crippen LogP contribution in [-0.2, 0) is 9.59 Å². The third-order valence-electron chi connectivity index (χ3n) is 9.10. The minimum atomic E-state index is -0.596. The molecule has 1 aromatic carbocycles. The van der Waals surface area contributed by atoms with Gasteiger partial charge < -0.3 is 10.2 Å². The molecule has 0 aliphatic carbocycles. The van der Waals surface area contributed by atoms with Gasteiger partial charge in [-0.15, -0.1) is 0 Å². The number of benzene rings is 1. The van der Waals surface area contributed by atoms with E-state index in [1.807, 2.05) is 29.3 Å². The molecule has 0 radical (unpaired) electrons. The van der Waals surface area contributed by atoms with Crippen LogP contribution in [0.5, 0.6) is 0 Å². The van der Waals surface area contributed by atoms with E-state index in [1.54, 1.807) is 35.4 Å². The first-order valence-corrected chi connectivity index (χ1v) is 15.8. The number of nitrogens with zero attached hydrogens (tertiary/aromatic N) is 8. The van der Waals surface area contributed by atoms with Crippen molar-refractivity contribution in [3.05, 3.63) is 85.0 Å². The van der Waals surface area contributed by atoms with Crippen molar-refractivity contribution in [2.75, 3.05) is 38.0 Å². The van der Waals surface area contributed by atoms with E-state index in [0.717, 1.165) is 41.3 Å². The summed E-state index contributed by atoms with van der Waals surface area (Å²) in [6.45, 7) is 4.71. The Morgan fingerprint density at radius 3 is 2.70 bits per heavy atom. The molecule has 2 N–H and O–H groups in total. The Morgan fingerprint density at radius 2 is 1.94 bits per heavy atom. The van der Waals surface area contributed by atoms with Gasteiger partial charge in [0.05, 0.1) is 23.7 Å². The van der Waals surface area contributed by atoms with Gasteiger partial charge in [-0.25, -0.2) is 19.6 Å². The van der Waals surface area contributed by atoms with Crippen molar-refractivity contribution in [2.45, 2.75) is 32.6 Å². The van der Waals surface area contributed by atoms with E-state index in [2.05, 4.69) is 53.5 Å². The number of halogens is 1. The van der Waals surface area contributed by atoms with Crippen LogP contribution in [0.1, 0.15) is 38.2 Å². The average molecular weight is 635 g/mol. The normalized spacial score (nSPS) is 18.4. The molecule has 0 bridgehead atoms. The summed E-state index contributed by atoms with van der Waals surface area (Å²) in [5.74, 6) is -0.0289. The van der Waals surface area contributed by atoms with Gasteiger partial charge in [0.2, 0.25) is 23.7 Å². The van der Waals surface area contributed by atoms with Crippen LogP contribution in [0.2, 0.25) is 0 Å². The summed E-state index contributed by atoms with van der Waals surface area (Å²) in [6.07, 6.45) is 13.6. The third kappa shape index (κ3) is 6.26. The van der Waals surface area contributed by atoms with E-state index < -0.39 is 11.4 Å². The van der Waals surface area contributed by atoms with Gasteiger partial charge in [-0.2, -0.15) is 14.6 Å². The second-order valence-corrected chi connectivity index (χ2v) is 12.2. The number of amides is 2. The van der Waals surface area contributed by atoms with Crippen LogP contribution >= 0.6 is 0 Å². The Hall–Kier alpha value is -5.30. The van der Waals surface area contributed by atoms with E-state index in [9.17, 15) is 14.0 Å². The number of carbonyl (C=O) groups excluding carboxylic acids is 2. The molecule has 1 atom stereocenters. The summed E-state index contributed by atoms with van der Waals surface area (Å²) >= 11 is 0. The highest BCUT2D eigenvalue weighted by atomic mass is 19.1. The van der Waals surface area contributed by atoms with Crippen LogP contribution < -0.4 is 5.32 Å². The maximum Gasteiger partial charge on any atom is 0.250 e. The predicted molar refractivity (Wildman–Crippen MR) is 175 cm³/mol. The SMILES string of the molecule is CCC[C@@]1(C(=O)Nc2ccc3[nH]nc(-c4ccc(F)nc4)c3c2)CCN(CC(=O)N2CC=C(c3cnn(-c4ncccn4)c3)CC2)C1. The van der Waals surface area contributed by atoms with E-state index in [0.29, 0.717) is 55.5 Å². The number of hydrogen-bond donors (Lipinski definition) is 2. The zero-order valence-electron chi connectivity index (χ0n) is 26.1. The highest BCUT2D eigenvalue weighted by molar-refractivity contribution is 6.00. The molecule has 2 amide bonds. The number of pyridine rings is 1. The number of likely N-dealkylation sites (tertiary alicyclic amines) is 1. The smallest absolute Gasteiger partial charge is 0.250 e. The molecule has 1 fully saturated rings. The van der Waals surface area contributed by atoms with Gasteiger partial charge in [-0.3, -0.25) is 19.6 Å². The lowest BCUT2D eigenvalue weighted by molar-refractivity contribution is -0.132. The minimum absolute atomic E-state index is 0.0471. The van der Waals surface area contributed by atoms with Gasteiger partial charge in [-0.05, 0) is 67.8 Å². The number of rotatable bonds is 9. The molecule has 47 heavy (non-hydrogen) atoms. The molecule has 2 aliphatic rings. The van der Waals surface area contributed by atoms with Crippen LogP contribution in [0.15, 0.2) is 73.5 Å². The van der Waals surface area contributed by atoms with Gasteiger partial charge in [-0.1, -0.05) is 19.4 Å². The van der Waals surface area contributed by atoms with Crippen LogP contribution in [-0.4, -0.2) is 89.3 Å². The summed E-state index contributed by atoms with van der Waals surface area (Å²) in [6, 6.07) is 10.3. The maximum absolute atomic E-state index is 13.9. The summed E-state index contributed by atoms with van der Waals surface area (Å²) in [5.41, 5.74) is 4.31. The summed E-state index contributed by atoms with van der Waals surface area (Å²) in [7, 11) is 0. The lowest BCUT2D eigenvalue weighted by atomic mass is 9.81. The van der Waals surface area contributed by atoms with Gasteiger partial charge in [0.1, 0.15) is 5.69 Å². The number of aromatic amines is 1. The topological polar surface area (TPSA) is 138 Å². The molecule has 2 aliphatic heterocycles. The monoisotopic (exact) mass is 634 g/mol. The van der Waals surface area contributed by atoms with E-state index in [1.165, 1.54) is 12.3 Å². The van der Waals surface area contributed by atoms with E-state index >= 15 is 0 Å². The first-order chi connectivity index (χ1) is 22.9. The largest absolute Gasteiger partial charge is 0.338 e. The number of aromatic nitrogens is 7. The van der Waals surface area contributed by atoms with Gasteiger partial charge in [0, 0.05) is 66.6 Å². The lowest BCUT2D eigenvalue weighted by Crippen LogP contribution is -2.43. The van der Waals surface area contributed by atoms with Crippen molar-refractivity contribution < 1.29 is 14.0 Å². The van der Waals surface area contributed by atoms with Crippen LogP contribution in [0.25, 0.3) is 33.7 Å². The Kier molecular flexibility index (Phi) is 8.29. The van der Waals surface area contributed by atoms with Crippen molar-refractivity contribution in [1.29, 1.82) is 0 Å². The molecule has 4 aromatic heterocycles. The number of hydrogen-bond acceptors (Lipinski definition) is 8. The van der Waals surface area contributed by atoms with Crippen molar-refractivity contribution in [3.8, 4) is 17.2 Å². The molecule has 5 aromatic rings. The summed E-state index contributed by atoms with van der Waals surface area (Å²) in [4.78, 5) is 43.4. The number of H-pyrrole nitrogens is 1. The van der Waals surface area contributed by atoms with Crippen LogP contribution in [0.4, 0.5) is 10.1 Å². The fourth-order valence-electron chi connectivity index (χ4n) is 6.62. The first kappa shape index (κ1) is 30.4. The molecule has 12 nitrogen and oxygen atoms in total. The molecular weight excluding hydrogens is 599 g/mol. The molecule has 6 heterocycles. The van der Waals surface area contributed by atoms with Crippen molar-refractivity contribution in [2.24, 2.45) is 5.41 Å². The number of anilines is 1. The minimum Gasteiger partial charge on any atom is -0.338 e. The molecule has 13 heteroatoms. The van der Waals surface area contributed by atoms with E-state index in [-0.39, 0.29) is 18.4 Å². The fraction of sp³-hybridized carbons (Fsp3) is 0.324. The zero-order chi connectivity index (χ0) is 32.4. The molecule has 7 rings (SSSR count). The summed E-state index contributed by atoms with van der Waals surface area (Å²) < 4.78 is 15.0. The molecule has 240 valence electrons. The molecule has 0 spiro atoms. The lowest BCUT2D eigenvalue weighted by Gasteiger charge is -2.30. The Labute approximate surface area is 270 Å². The van der Waals surface area contributed by atoms with E-state index in [4.69, 9.17) is 0 Å². The number of carbonyl (C=O) groups is 2. The first-order valence-electron chi connectivity index (χ1n) is 15.8. The van der Waals surface area contributed by atoms with Crippen LogP contribution in [0.3, 0.4) is 0 Å². The second kappa shape index (κ2) is 12.8. The number of fused-ring (bicyclic) bond motifs is 1. The van der Waals surface area contributed by atoms with Gasteiger partial charge >= 0.3 is 0 Å². The van der Waals surface area contributed by atoms with Crippen molar-refractivity contribution in [1.82, 2.24) is 44.7 Å². The molecular formula is C34H35FN10O2. The quantitative estimate of drug-likeness (QED) is 0.226. The zero-order valence-corrected chi connectivity index (χ0v) is 26.1.